The number of methoxy groups -OCH3 is 1. The van der Waals surface area contributed by atoms with Crippen LogP contribution in [0.3, 0.4) is 0 Å². The molecule has 1 heterocycles. The number of anilines is 1. The maximum Gasteiger partial charge on any atom is 0.251 e. The lowest BCUT2D eigenvalue weighted by Gasteiger charge is -2.16. The minimum absolute atomic E-state index is 0.0182. The number of nitrogens with one attached hydrogen (secondary N) is 1. The van der Waals surface area contributed by atoms with Gasteiger partial charge in [0.15, 0.2) is 0 Å². The van der Waals surface area contributed by atoms with Crippen LogP contribution in [-0.2, 0) is 4.74 Å². The Morgan fingerprint density at radius 2 is 2.00 bits per heavy atom. The molecular formula is C20H22N4O2. The highest BCUT2D eigenvalue weighted by Gasteiger charge is 2.14. The Kier molecular flexibility index (Phi) is 5.43. The van der Waals surface area contributed by atoms with Crippen molar-refractivity contribution in [3.05, 3.63) is 54.2 Å². The second kappa shape index (κ2) is 7.93. The molecule has 0 spiro atoms. The van der Waals surface area contributed by atoms with Crippen molar-refractivity contribution >= 4 is 22.4 Å². The molecule has 1 atom stereocenters. The number of carbonyl (C=O) groups is 1. The topological polar surface area (TPSA) is 90.1 Å². The molecule has 2 aromatic carbocycles. The molecule has 26 heavy (non-hydrogen) atoms. The first kappa shape index (κ1) is 17.8. The predicted molar refractivity (Wildman–Crippen MR) is 103 cm³/mol. The number of fused-ring (bicyclic) bond motifs is 1. The number of ether oxygens (including phenoxy) is 1. The second-order valence-corrected chi connectivity index (χ2v) is 6.15. The summed E-state index contributed by atoms with van der Waals surface area (Å²) in [5.41, 5.74) is 8.66. The number of nitrogens with two attached hydrogens (primary N) is 1. The first-order valence-electron chi connectivity index (χ1n) is 8.53. The molecule has 3 rings (SSSR count). The molecule has 6 nitrogen and oxygen atoms in total. The SMILES string of the molecule is CCC(COC)NC(=O)c1ccc2cnnc(-c3ccc(N)cc3)c2c1. The number of benzene rings is 2. The molecule has 0 bridgehead atoms. The fourth-order valence-electron chi connectivity index (χ4n) is 2.80. The monoisotopic (exact) mass is 350 g/mol. The van der Waals surface area contributed by atoms with Gasteiger partial charge in [-0.2, -0.15) is 5.10 Å². The van der Waals surface area contributed by atoms with Gasteiger partial charge < -0.3 is 15.8 Å². The van der Waals surface area contributed by atoms with Gasteiger partial charge in [0, 0.05) is 34.7 Å². The lowest BCUT2D eigenvalue weighted by molar-refractivity contribution is 0.0895. The number of aromatic nitrogens is 2. The molecule has 1 aromatic heterocycles. The second-order valence-electron chi connectivity index (χ2n) is 6.15. The van der Waals surface area contributed by atoms with E-state index in [0.29, 0.717) is 17.9 Å². The molecular weight excluding hydrogens is 328 g/mol. The number of hydrogen-bond donors (Lipinski definition) is 2. The van der Waals surface area contributed by atoms with E-state index in [9.17, 15) is 4.79 Å². The van der Waals surface area contributed by atoms with Crippen LogP contribution in [0.15, 0.2) is 48.7 Å². The van der Waals surface area contributed by atoms with Gasteiger partial charge in [0.25, 0.3) is 5.91 Å². The highest BCUT2D eigenvalue weighted by atomic mass is 16.5. The van der Waals surface area contributed by atoms with E-state index in [-0.39, 0.29) is 11.9 Å². The van der Waals surface area contributed by atoms with Gasteiger partial charge in [-0.05, 0) is 30.7 Å². The Bertz CT molecular complexity index is 909. The summed E-state index contributed by atoms with van der Waals surface area (Å²) >= 11 is 0. The lowest BCUT2D eigenvalue weighted by atomic mass is 10.0. The zero-order valence-electron chi connectivity index (χ0n) is 14.9. The van der Waals surface area contributed by atoms with Crippen LogP contribution in [0.1, 0.15) is 23.7 Å². The summed E-state index contributed by atoms with van der Waals surface area (Å²) in [6.45, 7) is 2.50. The van der Waals surface area contributed by atoms with Crippen molar-refractivity contribution in [2.75, 3.05) is 19.5 Å². The van der Waals surface area contributed by atoms with Gasteiger partial charge in [0.1, 0.15) is 5.69 Å². The molecule has 3 aromatic rings. The average molecular weight is 350 g/mol. The molecule has 0 aliphatic carbocycles. The zero-order valence-corrected chi connectivity index (χ0v) is 14.9. The third-order valence-corrected chi connectivity index (χ3v) is 4.31. The first-order valence-corrected chi connectivity index (χ1v) is 8.53. The minimum atomic E-state index is -0.129. The molecule has 0 saturated heterocycles. The maximum absolute atomic E-state index is 12.6. The van der Waals surface area contributed by atoms with Crippen LogP contribution < -0.4 is 11.1 Å². The molecule has 1 unspecified atom stereocenters. The van der Waals surface area contributed by atoms with Crippen molar-refractivity contribution in [1.29, 1.82) is 0 Å². The van der Waals surface area contributed by atoms with E-state index < -0.39 is 0 Å². The van der Waals surface area contributed by atoms with Crippen LogP contribution in [0.2, 0.25) is 0 Å². The zero-order chi connectivity index (χ0) is 18.5. The summed E-state index contributed by atoms with van der Waals surface area (Å²) in [6, 6.07) is 13.0. The van der Waals surface area contributed by atoms with Crippen LogP contribution in [0.5, 0.6) is 0 Å². The van der Waals surface area contributed by atoms with E-state index >= 15 is 0 Å². The van der Waals surface area contributed by atoms with Gasteiger partial charge in [-0.3, -0.25) is 4.79 Å². The van der Waals surface area contributed by atoms with Crippen molar-refractivity contribution in [2.24, 2.45) is 0 Å². The fourth-order valence-corrected chi connectivity index (χ4v) is 2.80. The Morgan fingerprint density at radius 3 is 2.69 bits per heavy atom. The van der Waals surface area contributed by atoms with E-state index in [1.54, 1.807) is 19.4 Å². The van der Waals surface area contributed by atoms with Crippen molar-refractivity contribution in [3.8, 4) is 11.3 Å². The number of carbonyl (C=O) groups excluding carboxylic acids is 1. The molecule has 6 heteroatoms. The van der Waals surface area contributed by atoms with Crippen LogP contribution in [0, 0.1) is 0 Å². The van der Waals surface area contributed by atoms with E-state index in [1.165, 1.54) is 0 Å². The molecule has 3 N–H and O–H groups in total. The van der Waals surface area contributed by atoms with Gasteiger partial charge in [-0.15, -0.1) is 5.10 Å². The number of rotatable bonds is 6. The van der Waals surface area contributed by atoms with Crippen molar-refractivity contribution in [3.63, 3.8) is 0 Å². The van der Waals surface area contributed by atoms with Crippen LogP contribution >= 0.6 is 0 Å². The molecule has 0 radical (unpaired) electrons. The average Bonchev–Trinajstić information content (AvgIpc) is 2.67. The summed E-state index contributed by atoms with van der Waals surface area (Å²) < 4.78 is 5.15. The summed E-state index contributed by atoms with van der Waals surface area (Å²) in [7, 11) is 1.63. The lowest BCUT2D eigenvalue weighted by Crippen LogP contribution is -2.37. The van der Waals surface area contributed by atoms with Crippen LogP contribution in [0.25, 0.3) is 22.0 Å². The Balaban J connectivity index is 1.98. The third kappa shape index (κ3) is 3.81. The van der Waals surface area contributed by atoms with Gasteiger partial charge in [-0.25, -0.2) is 0 Å². The summed E-state index contributed by atoms with van der Waals surface area (Å²) in [6.07, 6.45) is 2.49. The smallest absolute Gasteiger partial charge is 0.251 e. The number of nitrogen functional groups attached to an aromatic ring is 1. The quantitative estimate of drug-likeness (QED) is 0.667. The third-order valence-electron chi connectivity index (χ3n) is 4.31. The van der Waals surface area contributed by atoms with E-state index in [2.05, 4.69) is 15.5 Å². The van der Waals surface area contributed by atoms with Crippen LogP contribution in [-0.4, -0.2) is 35.9 Å². The Labute approximate surface area is 152 Å². The maximum atomic E-state index is 12.6. The largest absolute Gasteiger partial charge is 0.399 e. The number of hydrogen-bond acceptors (Lipinski definition) is 5. The van der Waals surface area contributed by atoms with E-state index in [4.69, 9.17) is 10.5 Å². The van der Waals surface area contributed by atoms with E-state index in [1.807, 2.05) is 43.3 Å². The summed E-state index contributed by atoms with van der Waals surface area (Å²) in [5.74, 6) is -0.129. The predicted octanol–water partition coefficient (Wildman–Crippen LogP) is 3.03. The fraction of sp³-hybridized carbons (Fsp3) is 0.250. The number of nitrogens with zero attached hydrogens (tertiary/aromatic N) is 2. The molecule has 0 aliphatic rings. The highest BCUT2D eigenvalue weighted by molar-refractivity contribution is 6.02. The van der Waals surface area contributed by atoms with Gasteiger partial charge in [0.2, 0.25) is 0 Å². The molecule has 0 aliphatic heterocycles. The van der Waals surface area contributed by atoms with Crippen molar-refractivity contribution in [1.82, 2.24) is 15.5 Å². The van der Waals surface area contributed by atoms with Crippen LogP contribution in [0.4, 0.5) is 5.69 Å². The van der Waals surface area contributed by atoms with Gasteiger partial charge in [-0.1, -0.05) is 25.1 Å². The van der Waals surface area contributed by atoms with Crippen molar-refractivity contribution in [2.45, 2.75) is 19.4 Å². The normalized spacial score (nSPS) is 12.1. The highest BCUT2D eigenvalue weighted by Crippen LogP contribution is 2.27. The Morgan fingerprint density at radius 1 is 1.23 bits per heavy atom. The van der Waals surface area contributed by atoms with E-state index in [0.717, 1.165) is 28.5 Å². The summed E-state index contributed by atoms with van der Waals surface area (Å²) in [5, 5.41) is 13.1. The molecule has 0 fully saturated rings. The summed E-state index contributed by atoms with van der Waals surface area (Å²) in [4.78, 5) is 12.6. The van der Waals surface area contributed by atoms with Gasteiger partial charge >= 0.3 is 0 Å². The Hall–Kier alpha value is -2.99. The molecule has 0 saturated carbocycles. The van der Waals surface area contributed by atoms with Crippen molar-refractivity contribution < 1.29 is 9.53 Å². The molecule has 1 amide bonds. The standard InChI is InChI=1S/C20H22N4O2/c1-3-17(12-26-2)23-20(25)14-4-5-15-11-22-24-19(18(15)10-14)13-6-8-16(21)9-7-13/h4-11,17H,3,12,21H2,1-2H3,(H,23,25). The molecule has 134 valence electrons. The first-order chi connectivity index (χ1) is 12.6. The minimum Gasteiger partial charge on any atom is -0.399 e. The number of amides is 1. The van der Waals surface area contributed by atoms with Gasteiger partial charge in [0.05, 0.1) is 18.8 Å².